The van der Waals surface area contributed by atoms with Crippen LogP contribution < -0.4 is 9.46 Å². The number of Topliss-reactive ketones (excluding diaryl/α,β-unsaturated/α-hetero) is 1. The lowest BCUT2D eigenvalue weighted by Crippen LogP contribution is -2.37. The lowest BCUT2D eigenvalue weighted by molar-refractivity contribution is 0.0836. The molecule has 7 heteroatoms. The van der Waals surface area contributed by atoms with Gasteiger partial charge < -0.3 is 9.64 Å². The zero-order chi connectivity index (χ0) is 21.8. The summed E-state index contributed by atoms with van der Waals surface area (Å²) < 4.78 is 30.8. The summed E-state index contributed by atoms with van der Waals surface area (Å²) in [6, 6.07) is 15.1. The van der Waals surface area contributed by atoms with Crippen molar-refractivity contribution in [1.29, 1.82) is 0 Å². The number of sulfonamides is 1. The Morgan fingerprint density at radius 3 is 2.48 bits per heavy atom. The second kappa shape index (κ2) is 9.40. The maximum Gasteiger partial charge on any atom is 0.229 e. The Kier molecular flexibility index (Phi) is 6.62. The van der Waals surface area contributed by atoms with Crippen LogP contribution in [-0.2, 0) is 10.0 Å². The number of hydrogen-bond donors (Lipinski definition) is 1. The molecule has 1 saturated heterocycles. The molecule has 0 amide bonds. The van der Waals surface area contributed by atoms with E-state index in [9.17, 15) is 13.2 Å². The Balaban J connectivity index is 1.27. The lowest BCUT2D eigenvalue weighted by atomic mass is 9.87. The summed E-state index contributed by atoms with van der Waals surface area (Å²) >= 11 is 0. The van der Waals surface area contributed by atoms with Crippen molar-refractivity contribution < 1.29 is 17.9 Å². The number of carbonyl (C=O) groups is 1. The van der Waals surface area contributed by atoms with Crippen LogP contribution in [-0.4, -0.2) is 51.6 Å². The van der Waals surface area contributed by atoms with Gasteiger partial charge >= 0.3 is 0 Å². The van der Waals surface area contributed by atoms with Crippen molar-refractivity contribution in [2.24, 2.45) is 5.92 Å². The van der Waals surface area contributed by atoms with E-state index in [0.29, 0.717) is 17.2 Å². The van der Waals surface area contributed by atoms with Gasteiger partial charge in [0, 0.05) is 17.2 Å². The van der Waals surface area contributed by atoms with Crippen molar-refractivity contribution in [3.8, 4) is 5.75 Å². The summed E-state index contributed by atoms with van der Waals surface area (Å²) in [4.78, 5) is 15.3. The highest BCUT2D eigenvalue weighted by Gasteiger charge is 2.27. The molecule has 0 saturated carbocycles. The maximum atomic E-state index is 12.9. The highest BCUT2D eigenvalue weighted by molar-refractivity contribution is 7.92. The van der Waals surface area contributed by atoms with Gasteiger partial charge in [-0.1, -0.05) is 18.2 Å². The molecule has 2 heterocycles. The van der Waals surface area contributed by atoms with Crippen LogP contribution in [0.4, 0.5) is 5.69 Å². The number of carbonyl (C=O) groups excluding carboxylic acids is 1. The highest BCUT2D eigenvalue weighted by Crippen LogP contribution is 2.35. The number of rotatable bonds is 7. The SMILES string of the molecule is CS(=O)(=O)Nc1ccc(C(=O)C2CCN(CCC3CCOc4ccccc43)CC2)cc1. The maximum absolute atomic E-state index is 12.9. The molecule has 2 aromatic rings. The van der Waals surface area contributed by atoms with E-state index in [4.69, 9.17) is 4.74 Å². The molecule has 1 fully saturated rings. The fourth-order valence-electron chi connectivity index (χ4n) is 4.63. The number of hydrogen-bond acceptors (Lipinski definition) is 5. The van der Waals surface area contributed by atoms with Crippen LogP contribution in [0.1, 0.15) is 47.5 Å². The van der Waals surface area contributed by atoms with Crippen molar-refractivity contribution in [2.45, 2.75) is 31.6 Å². The Labute approximate surface area is 184 Å². The molecular formula is C24H30N2O4S. The molecule has 0 bridgehead atoms. The second-order valence-electron chi connectivity index (χ2n) is 8.59. The molecule has 0 aromatic heterocycles. The Bertz CT molecular complexity index is 1010. The Morgan fingerprint density at radius 2 is 1.77 bits per heavy atom. The van der Waals surface area contributed by atoms with Gasteiger partial charge in [0.05, 0.1) is 12.9 Å². The first-order chi connectivity index (χ1) is 14.9. The number of nitrogens with zero attached hydrogens (tertiary/aromatic N) is 1. The number of nitrogens with one attached hydrogen (secondary N) is 1. The van der Waals surface area contributed by atoms with E-state index in [1.54, 1.807) is 24.3 Å². The van der Waals surface area contributed by atoms with Gasteiger partial charge in [-0.15, -0.1) is 0 Å². The summed E-state index contributed by atoms with van der Waals surface area (Å²) in [6.07, 6.45) is 5.03. The monoisotopic (exact) mass is 442 g/mol. The number of piperidine rings is 1. The number of ketones is 1. The van der Waals surface area contributed by atoms with Crippen molar-refractivity contribution in [2.75, 3.05) is 37.2 Å². The van der Waals surface area contributed by atoms with Gasteiger partial charge in [-0.3, -0.25) is 9.52 Å². The molecule has 1 N–H and O–H groups in total. The van der Waals surface area contributed by atoms with E-state index in [2.05, 4.69) is 27.8 Å². The first-order valence-electron chi connectivity index (χ1n) is 11.0. The summed E-state index contributed by atoms with van der Waals surface area (Å²) in [5.41, 5.74) is 2.45. The van der Waals surface area contributed by atoms with Crippen molar-refractivity contribution in [3.63, 3.8) is 0 Å². The van der Waals surface area contributed by atoms with Gasteiger partial charge in [0.25, 0.3) is 0 Å². The first-order valence-corrected chi connectivity index (χ1v) is 12.8. The third-order valence-electron chi connectivity index (χ3n) is 6.31. The van der Waals surface area contributed by atoms with Gasteiger partial charge in [-0.05, 0) is 87.1 Å². The average Bonchev–Trinajstić information content (AvgIpc) is 2.77. The number of likely N-dealkylation sites (tertiary alicyclic amines) is 1. The van der Waals surface area contributed by atoms with Crippen molar-refractivity contribution in [1.82, 2.24) is 4.90 Å². The molecule has 0 radical (unpaired) electrons. The molecule has 1 unspecified atom stereocenters. The molecule has 2 aliphatic rings. The van der Waals surface area contributed by atoms with Crippen LogP contribution in [0.3, 0.4) is 0 Å². The zero-order valence-electron chi connectivity index (χ0n) is 17.9. The molecule has 2 aromatic carbocycles. The van der Waals surface area contributed by atoms with Crippen LogP contribution in [0.25, 0.3) is 0 Å². The standard InChI is InChI=1S/C24H30N2O4S/c1-31(28,29)25-21-8-6-19(7-9-21)24(27)20-11-15-26(16-12-20)14-10-18-13-17-30-23-5-3-2-4-22(18)23/h2-9,18,20,25H,10-17H2,1H3. The second-order valence-corrected chi connectivity index (χ2v) is 10.3. The van der Waals surface area contributed by atoms with E-state index in [1.165, 1.54) is 5.56 Å². The van der Waals surface area contributed by atoms with Crippen molar-refractivity contribution in [3.05, 3.63) is 59.7 Å². The fourth-order valence-corrected chi connectivity index (χ4v) is 5.19. The third kappa shape index (κ3) is 5.66. The Morgan fingerprint density at radius 1 is 1.06 bits per heavy atom. The van der Waals surface area contributed by atoms with Crippen LogP contribution in [0.5, 0.6) is 5.75 Å². The van der Waals surface area contributed by atoms with E-state index in [1.807, 2.05) is 6.07 Å². The quantitative estimate of drug-likeness (QED) is 0.658. The summed E-state index contributed by atoms with van der Waals surface area (Å²) in [5, 5.41) is 0. The number of anilines is 1. The van der Waals surface area contributed by atoms with Crippen LogP contribution >= 0.6 is 0 Å². The van der Waals surface area contributed by atoms with E-state index >= 15 is 0 Å². The predicted octanol–water partition coefficient (Wildman–Crippen LogP) is 3.91. The minimum atomic E-state index is -3.31. The molecule has 0 spiro atoms. The smallest absolute Gasteiger partial charge is 0.229 e. The number of fused-ring (bicyclic) bond motifs is 1. The van der Waals surface area contributed by atoms with E-state index < -0.39 is 10.0 Å². The molecular weight excluding hydrogens is 412 g/mol. The lowest BCUT2D eigenvalue weighted by Gasteiger charge is -2.33. The van der Waals surface area contributed by atoms with E-state index in [0.717, 1.165) is 63.9 Å². The summed E-state index contributed by atoms with van der Waals surface area (Å²) in [5.74, 6) is 1.77. The molecule has 1 atom stereocenters. The third-order valence-corrected chi connectivity index (χ3v) is 6.91. The number of para-hydroxylation sites is 1. The first kappa shape index (κ1) is 21.8. The largest absolute Gasteiger partial charge is 0.493 e. The summed E-state index contributed by atoms with van der Waals surface area (Å²) in [6.45, 7) is 3.71. The molecule has 6 nitrogen and oxygen atoms in total. The molecule has 4 rings (SSSR count). The van der Waals surface area contributed by atoms with E-state index in [-0.39, 0.29) is 11.7 Å². The molecule has 0 aliphatic carbocycles. The minimum Gasteiger partial charge on any atom is -0.493 e. The van der Waals surface area contributed by atoms with Crippen LogP contribution in [0, 0.1) is 5.92 Å². The van der Waals surface area contributed by atoms with Crippen molar-refractivity contribution >= 4 is 21.5 Å². The molecule has 2 aliphatic heterocycles. The summed E-state index contributed by atoms with van der Waals surface area (Å²) in [7, 11) is -3.31. The molecule has 31 heavy (non-hydrogen) atoms. The zero-order valence-corrected chi connectivity index (χ0v) is 18.7. The average molecular weight is 443 g/mol. The number of benzene rings is 2. The highest BCUT2D eigenvalue weighted by atomic mass is 32.2. The van der Waals surface area contributed by atoms with Gasteiger partial charge in [0.1, 0.15) is 5.75 Å². The normalized spacial score (nSPS) is 20.0. The minimum absolute atomic E-state index is 0.0359. The number of ether oxygens (including phenoxy) is 1. The Hall–Kier alpha value is -2.38. The van der Waals surface area contributed by atoms with Gasteiger partial charge in [0.2, 0.25) is 10.0 Å². The van der Waals surface area contributed by atoms with Gasteiger partial charge in [-0.2, -0.15) is 0 Å². The fraction of sp³-hybridized carbons (Fsp3) is 0.458. The molecule has 166 valence electrons. The van der Waals surface area contributed by atoms with Gasteiger partial charge in [0.15, 0.2) is 5.78 Å². The van der Waals surface area contributed by atoms with Gasteiger partial charge in [-0.25, -0.2) is 8.42 Å². The van der Waals surface area contributed by atoms with Crippen LogP contribution in [0.2, 0.25) is 0 Å². The predicted molar refractivity (Wildman–Crippen MR) is 122 cm³/mol. The topological polar surface area (TPSA) is 75.7 Å². The van der Waals surface area contributed by atoms with Crippen LogP contribution in [0.15, 0.2) is 48.5 Å².